The maximum absolute atomic E-state index is 15.0. The van der Waals surface area contributed by atoms with Crippen LogP contribution in [0.15, 0.2) is 39.4 Å². The zero-order valence-corrected chi connectivity index (χ0v) is 22.9. The van der Waals surface area contributed by atoms with E-state index in [2.05, 4.69) is 0 Å². The molecule has 2 aromatic carbocycles. The minimum Gasteiger partial charge on any atom is -0.508 e. The summed E-state index contributed by atoms with van der Waals surface area (Å²) in [5.74, 6) is -17.0. The number of imide groups is 1. The summed E-state index contributed by atoms with van der Waals surface area (Å²) in [6.45, 7) is 1.32. The third kappa shape index (κ3) is 3.19. The number of benzene rings is 2. The Morgan fingerprint density at radius 1 is 0.905 bits per heavy atom. The average Bonchev–Trinajstić information content (AvgIpc) is 3.26. The molecule has 3 aromatic rings. The van der Waals surface area contributed by atoms with E-state index < -0.39 is 86.1 Å². The number of nitrogens with zero attached hydrogens (tertiary/aromatic N) is 4. The molecule has 1 saturated carbocycles. The van der Waals surface area contributed by atoms with E-state index in [1.54, 1.807) is 0 Å². The first-order valence-electron chi connectivity index (χ1n) is 12.3. The van der Waals surface area contributed by atoms with E-state index in [0.29, 0.717) is 0 Å². The number of allylic oxidation sites excluding steroid dienone is 2. The second-order valence-corrected chi connectivity index (χ2v) is 11.6. The number of fused-ring (bicyclic) bond motifs is 4. The quantitative estimate of drug-likeness (QED) is 0.117. The Morgan fingerprint density at radius 3 is 2.10 bits per heavy atom. The fourth-order valence-corrected chi connectivity index (χ4v) is 7.08. The second kappa shape index (κ2) is 8.80. The van der Waals surface area contributed by atoms with Crippen molar-refractivity contribution in [2.75, 3.05) is 4.90 Å². The summed E-state index contributed by atoms with van der Waals surface area (Å²) < 4.78 is 75.0. The molecule has 6 rings (SSSR count). The zero-order valence-electron chi connectivity index (χ0n) is 21.4. The number of carbonyl (C=O) groups is 2. The predicted molar refractivity (Wildman–Crippen MR) is 137 cm³/mol. The Bertz CT molecular complexity index is 1910. The molecule has 2 aliphatic heterocycles. The number of phenolic OH excluding ortho intramolecular Hbond substituents is 1. The van der Waals surface area contributed by atoms with Crippen LogP contribution in [0.25, 0.3) is 0 Å². The van der Waals surface area contributed by atoms with Crippen molar-refractivity contribution in [3.05, 3.63) is 91.0 Å². The van der Waals surface area contributed by atoms with Gasteiger partial charge in [0, 0.05) is 19.4 Å². The highest BCUT2D eigenvalue weighted by Crippen LogP contribution is 2.64. The number of hydrogen-bond donors (Lipinski definition) is 1. The Balaban J connectivity index is 1.66. The van der Waals surface area contributed by atoms with Crippen LogP contribution in [0.2, 0.25) is 0 Å². The summed E-state index contributed by atoms with van der Waals surface area (Å²) in [5.41, 5.74) is -2.71. The van der Waals surface area contributed by atoms with Gasteiger partial charge in [-0.1, -0.05) is 18.2 Å². The zero-order chi connectivity index (χ0) is 30.8. The van der Waals surface area contributed by atoms with Crippen LogP contribution in [0, 0.1) is 36.0 Å². The first-order chi connectivity index (χ1) is 19.6. The molecular weight excluding hydrogens is 614 g/mol. The molecule has 1 N–H and O–H groups in total. The van der Waals surface area contributed by atoms with Gasteiger partial charge in [0.05, 0.1) is 12.6 Å². The largest absolute Gasteiger partial charge is 0.508 e. The number of anilines is 1. The van der Waals surface area contributed by atoms with E-state index in [4.69, 9.17) is 23.2 Å². The molecule has 1 aliphatic carbocycles. The van der Waals surface area contributed by atoms with Gasteiger partial charge >= 0.3 is 11.4 Å². The minimum atomic E-state index is -2.64. The van der Waals surface area contributed by atoms with Gasteiger partial charge in [0.15, 0.2) is 33.0 Å². The number of phenols is 1. The summed E-state index contributed by atoms with van der Waals surface area (Å²) in [4.78, 5) is 48.3. The average molecular weight is 631 g/mol. The molecule has 1 saturated heterocycles. The lowest BCUT2D eigenvalue weighted by Crippen LogP contribution is -2.59. The van der Waals surface area contributed by atoms with Crippen molar-refractivity contribution in [2.24, 2.45) is 7.05 Å². The lowest BCUT2D eigenvalue weighted by atomic mass is 9.64. The number of halogens is 7. The van der Waals surface area contributed by atoms with Crippen molar-refractivity contribution in [1.82, 2.24) is 13.9 Å². The van der Waals surface area contributed by atoms with E-state index >= 15 is 0 Å². The summed E-state index contributed by atoms with van der Waals surface area (Å²) in [6, 6.07) is 2.78. The number of aromatic nitrogens is 3. The monoisotopic (exact) mass is 630 g/mol. The first kappa shape index (κ1) is 28.2. The molecule has 3 heterocycles. The van der Waals surface area contributed by atoms with Crippen LogP contribution in [0.3, 0.4) is 0 Å². The smallest absolute Gasteiger partial charge is 0.347 e. The van der Waals surface area contributed by atoms with Crippen molar-refractivity contribution in [3.63, 3.8) is 0 Å². The molecular formula is C26H17Cl2F5N4O5. The maximum atomic E-state index is 15.0. The number of hydrogen-bond acceptors (Lipinski definition) is 5. The molecule has 42 heavy (non-hydrogen) atoms. The van der Waals surface area contributed by atoms with Crippen LogP contribution in [-0.4, -0.2) is 40.6 Å². The van der Waals surface area contributed by atoms with Crippen LogP contribution in [-0.2, 0) is 23.2 Å². The molecule has 0 bridgehead atoms. The summed E-state index contributed by atoms with van der Waals surface area (Å²) in [5, 5.41) is 10.1. The molecule has 3 aliphatic rings. The second-order valence-electron chi connectivity index (χ2n) is 10.3. The van der Waals surface area contributed by atoms with Crippen LogP contribution in [0.4, 0.5) is 27.6 Å². The van der Waals surface area contributed by atoms with Crippen molar-refractivity contribution < 1.29 is 36.6 Å². The maximum Gasteiger partial charge on any atom is 0.347 e. The summed E-state index contributed by atoms with van der Waals surface area (Å²) >= 11 is 13.9. The molecule has 4 atom stereocenters. The number of aromatic hydroxyl groups is 1. The summed E-state index contributed by atoms with van der Waals surface area (Å²) in [7, 11) is 1.21. The van der Waals surface area contributed by atoms with Gasteiger partial charge in [-0.05, 0) is 29.7 Å². The highest BCUT2D eigenvalue weighted by atomic mass is 35.5. The van der Waals surface area contributed by atoms with Crippen LogP contribution in [0.1, 0.15) is 29.5 Å². The molecule has 0 spiro atoms. The lowest BCUT2D eigenvalue weighted by molar-refractivity contribution is -0.122. The highest BCUT2D eigenvalue weighted by Gasteiger charge is 2.76. The first-order valence-corrected chi connectivity index (χ1v) is 13.0. The van der Waals surface area contributed by atoms with Gasteiger partial charge in [0.25, 0.3) is 11.8 Å². The third-order valence-corrected chi connectivity index (χ3v) is 9.65. The van der Waals surface area contributed by atoms with Crippen LogP contribution >= 0.6 is 23.2 Å². The topological polar surface area (TPSA) is 107 Å². The number of aryl methyl sites for hydroxylation is 1. The van der Waals surface area contributed by atoms with Gasteiger partial charge in [-0.3, -0.25) is 9.59 Å². The van der Waals surface area contributed by atoms with Gasteiger partial charge in [-0.15, -0.1) is 23.2 Å². The fraction of sp³-hybridized carbons (Fsp3) is 0.308. The molecule has 0 radical (unpaired) electrons. The van der Waals surface area contributed by atoms with Gasteiger partial charge in [-0.25, -0.2) is 50.4 Å². The van der Waals surface area contributed by atoms with Crippen molar-refractivity contribution >= 4 is 40.7 Å². The van der Waals surface area contributed by atoms with E-state index in [9.17, 15) is 46.2 Å². The normalized spacial score (nSPS) is 26.7. The molecule has 16 heteroatoms. The lowest BCUT2D eigenvalue weighted by Gasteiger charge is -2.49. The Labute approximate surface area is 241 Å². The van der Waals surface area contributed by atoms with Gasteiger partial charge in [-0.2, -0.15) is 0 Å². The summed E-state index contributed by atoms with van der Waals surface area (Å²) in [6.07, 6.45) is 0.801. The fourth-order valence-electron chi connectivity index (χ4n) is 6.17. The Kier molecular flexibility index (Phi) is 5.91. The van der Waals surface area contributed by atoms with Crippen molar-refractivity contribution in [2.45, 2.75) is 41.6 Å². The van der Waals surface area contributed by atoms with E-state index in [1.165, 1.54) is 38.2 Å². The van der Waals surface area contributed by atoms with E-state index in [-0.39, 0.29) is 33.9 Å². The molecule has 2 amide bonds. The van der Waals surface area contributed by atoms with Crippen LogP contribution in [0.5, 0.6) is 5.75 Å². The predicted octanol–water partition coefficient (Wildman–Crippen LogP) is 3.26. The minimum absolute atomic E-state index is 0.158. The van der Waals surface area contributed by atoms with Crippen molar-refractivity contribution in [3.8, 4) is 5.75 Å². The molecule has 9 nitrogen and oxygen atoms in total. The Hall–Kier alpha value is -3.91. The number of amides is 2. The molecule has 0 unspecified atom stereocenters. The van der Waals surface area contributed by atoms with Crippen LogP contribution < -0.4 is 16.3 Å². The van der Waals surface area contributed by atoms with E-state index in [1.807, 2.05) is 0 Å². The number of rotatable bonds is 2. The molecule has 2 fully saturated rings. The highest BCUT2D eigenvalue weighted by molar-refractivity contribution is 6.58. The SMILES string of the molecule is Cc1cc([C@H]2C3=CCn4c(=O)n(C)c(=O)n4[C@@H]3C[C@@]3(Cl)C(=O)N(c4c(F)c(F)c(F)c(F)c4F)C(=O)[C@@]23Cl)ccc1O. The van der Waals surface area contributed by atoms with Gasteiger partial charge in [0.2, 0.25) is 5.82 Å². The molecule has 1 aromatic heterocycles. The van der Waals surface area contributed by atoms with Gasteiger partial charge < -0.3 is 5.11 Å². The van der Waals surface area contributed by atoms with E-state index in [0.717, 1.165) is 13.9 Å². The Morgan fingerprint density at radius 2 is 1.50 bits per heavy atom. The molecule has 220 valence electrons. The van der Waals surface area contributed by atoms with Gasteiger partial charge in [0.1, 0.15) is 11.4 Å². The third-order valence-electron chi connectivity index (χ3n) is 8.23. The standard InChI is InChI=1S/C26H17Cl2F5N4O5/c1-9-7-10(3-4-13(9)38)14-11-5-6-35-23(41)34(2)24(42)37(35)12(11)8-25(27)21(39)36(22(40)26(14,25)28)20-18(32)16(30)15(29)17(31)19(20)33/h3-5,7,12,14,38H,6,8H2,1-2H3/t12-,14+,25-,26+/m1/s1. The number of alkyl halides is 2. The van der Waals surface area contributed by atoms with Crippen molar-refractivity contribution in [1.29, 1.82) is 0 Å². The number of carbonyl (C=O) groups excluding carboxylic acids is 2.